The standard InChI is InChI=1S/C20H16O4/c1-23-20-11-15(13-21)18(12-19(20)22)14-7-9-17(10-8-14)24-16-5-3-2-4-6-16/h2-13,22H,1H3. The van der Waals surface area contributed by atoms with Gasteiger partial charge < -0.3 is 14.6 Å². The highest BCUT2D eigenvalue weighted by Gasteiger charge is 2.11. The number of carbonyl (C=O) groups is 1. The maximum absolute atomic E-state index is 11.3. The minimum atomic E-state index is -0.0114. The van der Waals surface area contributed by atoms with Crippen LogP contribution in [0.3, 0.4) is 0 Å². The summed E-state index contributed by atoms with van der Waals surface area (Å²) in [4.78, 5) is 11.3. The molecule has 120 valence electrons. The van der Waals surface area contributed by atoms with Gasteiger partial charge in [0.2, 0.25) is 0 Å². The summed E-state index contributed by atoms with van der Waals surface area (Å²) in [6, 6.07) is 19.8. The number of phenols is 1. The van der Waals surface area contributed by atoms with E-state index in [0.717, 1.165) is 17.6 Å². The molecule has 0 unspecified atom stereocenters. The van der Waals surface area contributed by atoms with Crippen LogP contribution in [0.25, 0.3) is 11.1 Å². The van der Waals surface area contributed by atoms with Crippen molar-refractivity contribution in [2.75, 3.05) is 7.11 Å². The van der Waals surface area contributed by atoms with E-state index in [9.17, 15) is 9.90 Å². The van der Waals surface area contributed by atoms with E-state index in [1.807, 2.05) is 54.6 Å². The SMILES string of the molecule is COc1cc(C=O)c(-c2ccc(Oc3ccccc3)cc2)cc1O. The van der Waals surface area contributed by atoms with Crippen molar-refractivity contribution < 1.29 is 19.4 Å². The van der Waals surface area contributed by atoms with Gasteiger partial charge in [-0.3, -0.25) is 4.79 Å². The van der Waals surface area contributed by atoms with Crippen LogP contribution >= 0.6 is 0 Å². The number of ether oxygens (including phenoxy) is 2. The Morgan fingerprint density at radius 2 is 1.58 bits per heavy atom. The molecule has 0 spiro atoms. The summed E-state index contributed by atoms with van der Waals surface area (Å²) < 4.78 is 10.8. The molecule has 4 nitrogen and oxygen atoms in total. The monoisotopic (exact) mass is 320 g/mol. The Morgan fingerprint density at radius 1 is 0.917 bits per heavy atom. The summed E-state index contributed by atoms with van der Waals surface area (Å²) in [5.41, 5.74) is 1.88. The molecule has 0 aliphatic carbocycles. The molecule has 24 heavy (non-hydrogen) atoms. The first-order valence-corrected chi connectivity index (χ1v) is 7.41. The van der Waals surface area contributed by atoms with Crippen molar-refractivity contribution in [3.05, 3.63) is 72.3 Å². The van der Waals surface area contributed by atoms with Crippen LogP contribution in [0, 0.1) is 0 Å². The first-order chi connectivity index (χ1) is 11.7. The van der Waals surface area contributed by atoms with Gasteiger partial charge in [0.1, 0.15) is 11.5 Å². The number of para-hydroxylation sites is 1. The molecule has 0 amide bonds. The molecule has 4 heteroatoms. The van der Waals surface area contributed by atoms with Crippen LogP contribution in [0.15, 0.2) is 66.7 Å². The van der Waals surface area contributed by atoms with Crippen LogP contribution in [0.5, 0.6) is 23.0 Å². The number of hydrogen-bond acceptors (Lipinski definition) is 4. The fraction of sp³-hybridized carbons (Fsp3) is 0.0500. The number of phenolic OH excluding ortho intramolecular Hbond substituents is 1. The molecule has 3 aromatic carbocycles. The molecule has 0 aromatic heterocycles. The van der Waals surface area contributed by atoms with Crippen molar-refractivity contribution in [1.29, 1.82) is 0 Å². The lowest BCUT2D eigenvalue weighted by molar-refractivity contribution is 0.112. The molecule has 0 heterocycles. The van der Waals surface area contributed by atoms with Crippen LogP contribution in [0.4, 0.5) is 0 Å². The molecular formula is C20H16O4. The maximum atomic E-state index is 11.3. The molecule has 3 aromatic rings. The Bertz CT molecular complexity index is 840. The van der Waals surface area contributed by atoms with Gasteiger partial charge >= 0.3 is 0 Å². The molecule has 0 atom stereocenters. The molecule has 0 aliphatic heterocycles. The lowest BCUT2D eigenvalue weighted by Crippen LogP contribution is -1.92. The zero-order chi connectivity index (χ0) is 16.9. The van der Waals surface area contributed by atoms with Gasteiger partial charge in [-0.2, -0.15) is 0 Å². The van der Waals surface area contributed by atoms with Crippen molar-refractivity contribution in [3.63, 3.8) is 0 Å². The van der Waals surface area contributed by atoms with Crippen LogP contribution in [-0.2, 0) is 0 Å². The zero-order valence-electron chi connectivity index (χ0n) is 13.1. The van der Waals surface area contributed by atoms with Gasteiger partial charge in [-0.25, -0.2) is 0 Å². The van der Waals surface area contributed by atoms with Gasteiger partial charge in [-0.15, -0.1) is 0 Å². The average molecular weight is 320 g/mol. The third-order valence-corrected chi connectivity index (χ3v) is 3.62. The second-order valence-corrected chi connectivity index (χ2v) is 5.17. The fourth-order valence-corrected chi connectivity index (χ4v) is 2.42. The number of aldehydes is 1. The van der Waals surface area contributed by atoms with Gasteiger partial charge in [-0.05, 0) is 47.5 Å². The summed E-state index contributed by atoms with van der Waals surface area (Å²) in [6.45, 7) is 0. The topological polar surface area (TPSA) is 55.8 Å². The lowest BCUT2D eigenvalue weighted by Gasteiger charge is -2.11. The summed E-state index contributed by atoms with van der Waals surface area (Å²) in [7, 11) is 1.44. The van der Waals surface area contributed by atoms with Crippen molar-refractivity contribution in [2.24, 2.45) is 0 Å². The summed E-state index contributed by atoms with van der Waals surface area (Å²) in [5.74, 6) is 1.70. The van der Waals surface area contributed by atoms with Gasteiger partial charge in [0.15, 0.2) is 17.8 Å². The summed E-state index contributed by atoms with van der Waals surface area (Å²) in [6.07, 6.45) is 0.742. The molecular weight excluding hydrogens is 304 g/mol. The summed E-state index contributed by atoms with van der Waals surface area (Å²) in [5, 5.41) is 9.96. The Hall–Kier alpha value is -3.27. The minimum Gasteiger partial charge on any atom is -0.504 e. The number of aromatic hydroxyl groups is 1. The molecule has 0 fully saturated rings. The van der Waals surface area contributed by atoms with Gasteiger partial charge in [0, 0.05) is 5.56 Å². The molecule has 0 aliphatic rings. The Morgan fingerprint density at radius 3 is 2.21 bits per heavy atom. The second-order valence-electron chi connectivity index (χ2n) is 5.17. The van der Waals surface area contributed by atoms with Crippen molar-refractivity contribution in [1.82, 2.24) is 0 Å². The lowest BCUT2D eigenvalue weighted by atomic mass is 9.99. The first-order valence-electron chi connectivity index (χ1n) is 7.41. The number of hydrogen-bond donors (Lipinski definition) is 1. The fourth-order valence-electron chi connectivity index (χ4n) is 2.42. The first kappa shape index (κ1) is 15.6. The second kappa shape index (κ2) is 6.87. The highest BCUT2D eigenvalue weighted by atomic mass is 16.5. The van der Waals surface area contributed by atoms with E-state index in [-0.39, 0.29) is 11.5 Å². The van der Waals surface area contributed by atoms with Crippen molar-refractivity contribution in [2.45, 2.75) is 0 Å². The van der Waals surface area contributed by atoms with E-state index in [1.165, 1.54) is 19.2 Å². The Labute approximate surface area is 139 Å². The Kier molecular flexibility index (Phi) is 4.47. The maximum Gasteiger partial charge on any atom is 0.161 e. The average Bonchev–Trinajstić information content (AvgIpc) is 2.63. The quantitative estimate of drug-likeness (QED) is 0.694. The van der Waals surface area contributed by atoms with E-state index < -0.39 is 0 Å². The molecule has 0 bridgehead atoms. The molecule has 3 rings (SSSR count). The Balaban J connectivity index is 1.91. The summed E-state index contributed by atoms with van der Waals surface area (Å²) >= 11 is 0. The molecule has 0 saturated heterocycles. The third-order valence-electron chi connectivity index (χ3n) is 3.62. The van der Waals surface area contributed by atoms with Crippen LogP contribution in [0.2, 0.25) is 0 Å². The largest absolute Gasteiger partial charge is 0.504 e. The van der Waals surface area contributed by atoms with Gasteiger partial charge in [0.05, 0.1) is 7.11 Å². The predicted molar refractivity (Wildman–Crippen MR) is 92.0 cm³/mol. The molecule has 1 N–H and O–H groups in total. The van der Waals surface area contributed by atoms with E-state index in [1.54, 1.807) is 0 Å². The van der Waals surface area contributed by atoms with E-state index in [0.29, 0.717) is 16.9 Å². The van der Waals surface area contributed by atoms with Gasteiger partial charge in [0.25, 0.3) is 0 Å². The number of benzene rings is 3. The van der Waals surface area contributed by atoms with Crippen molar-refractivity contribution >= 4 is 6.29 Å². The third kappa shape index (κ3) is 3.22. The molecule has 0 saturated carbocycles. The highest BCUT2D eigenvalue weighted by molar-refractivity contribution is 5.89. The van der Waals surface area contributed by atoms with Crippen LogP contribution in [0.1, 0.15) is 10.4 Å². The zero-order valence-corrected chi connectivity index (χ0v) is 13.1. The number of rotatable bonds is 5. The number of methoxy groups -OCH3 is 1. The van der Waals surface area contributed by atoms with Crippen molar-refractivity contribution in [3.8, 4) is 34.1 Å². The van der Waals surface area contributed by atoms with Crippen LogP contribution < -0.4 is 9.47 Å². The van der Waals surface area contributed by atoms with Gasteiger partial charge in [-0.1, -0.05) is 30.3 Å². The van der Waals surface area contributed by atoms with E-state index in [2.05, 4.69) is 0 Å². The normalized spacial score (nSPS) is 10.2. The number of carbonyl (C=O) groups excluding carboxylic acids is 1. The predicted octanol–water partition coefficient (Wildman–Crippen LogP) is 4.67. The molecule has 0 radical (unpaired) electrons. The van der Waals surface area contributed by atoms with Crippen LogP contribution in [-0.4, -0.2) is 18.5 Å². The van der Waals surface area contributed by atoms with E-state index >= 15 is 0 Å². The highest BCUT2D eigenvalue weighted by Crippen LogP contribution is 2.35. The smallest absolute Gasteiger partial charge is 0.161 e. The van der Waals surface area contributed by atoms with E-state index in [4.69, 9.17) is 9.47 Å². The minimum absolute atomic E-state index is 0.0114.